The van der Waals surface area contributed by atoms with E-state index in [4.69, 9.17) is 33.6 Å². The zero-order valence-electron chi connectivity index (χ0n) is 21.6. The largest absolute Gasteiger partial charge is 0.492 e. The molecule has 0 fully saturated rings. The standard InChI is InChI=1S/C13H12Br2O4S2.C12H12Br2O2S2.CO2/c14-8-5-20-7-10(8)18-3-1-2-4-19-11-9(15)6-21-12(11)13(16)17;13-9-5-17-7-11(9)15-3-1-2-4-16-12-8-18-6-10(12)14;2-1-3/h5-7H,1-4H2,(H,16,17);5-8H,1-4H2;. The van der Waals surface area contributed by atoms with Gasteiger partial charge in [-0.25, -0.2) is 4.79 Å². The van der Waals surface area contributed by atoms with E-state index in [1.165, 1.54) is 0 Å². The summed E-state index contributed by atoms with van der Waals surface area (Å²) >= 11 is 19.6. The highest BCUT2D eigenvalue weighted by molar-refractivity contribution is 9.11. The van der Waals surface area contributed by atoms with Crippen molar-refractivity contribution in [2.45, 2.75) is 25.7 Å². The summed E-state index contributed by atoms with van der Waals surface area (Å²) in [5, 5.41) is 22.7. The Morgan fingerprint density at radius 2 is 0.976 bits per heavy atom. The Labute approximate surface area is 292 Å². The van der Waals surface area contributed by atoms with Gasteiger partial charge in [-0.05, 0) is 89.4 Å². The lowest BCUT2D eigenvalue weighted by atomic mass is 10.3. The fraction of sp³-hybridized carbons (Fsp3) is 0.308. The van der Waals surface area contributed by atoms with Crippen molar-refractivity contribution in [3.05, 3.63) is 60.4 Å². The van der Waals surface area contributed by atoms with Crippen molar-refractivity contribution in [3.8, 4) is 23.0 Å². The van der Waals surface area contributed by atoms with Crippen LogP contribution in [0.4, 0.5) is 0 Å². The molecule has 0 atom stereocenters. The molecule has 0 unspecified atom stereocenters. The van der Waals surface area contributed by atoms with Crippen LogP contribution in [-0.4, -0.2) is 43.7 Å². The molecule has 16 heteroatoms. The first-order chi connectivity index (χ1) is 20.3. The Balaban J connectivity index is 0.000000271. The summed E-state index contributed by atoms with van der Waals surface area (Å²) < 4.78 is 26.2. The van der Waals surface area contributed by atoms with Crippen LogP contribution >= 0.6 is 109 Å². The lowest BCUT2D eigenvalue weighted by Crippen LogP contribution is -2.04. The summed E-state index contributed by atoms with van der Waals surface area (Å²) in [6, 6.07) is 0. The molecular weight excluding hydrogens is 888 g/mol. The molecule has 4 rings (SSSR count). The van der Waals surface area contributed by atoms with E-state index in [1.54, 1.807) is 39.4 Å². The van der Waals surface area contributed by atoms with E-state index in [0.29, 0.717) is 23.4 Å². The second-order valence-electron chi connectivity index (χ2n) is 7.69. The van der Waals surface area contributed by atoms with Crippen molar-refractivity contribution in [1.82, 2.24) is 0 Å². The van der Waals surface area contributed by atoms with Gasteiger partial charge in [-0.15, -0.1) is 45.3 Å². The number of halogens is 4. The Morgan fingerprint density at radius 1 is 0.619 bits per heavy atom. The number of ether oxygens (including phenoxy) is 4. The van der Waals surface area contributed by atoms with E-state index in [0.717, 1.165) is 80.9 Å². The Kier molecular flexibility index (Phi) is 18.9. The van der Waals surface area contributed by atoms with Crippen LogP contribution in [0.1, 0.15) is 35.4 Å². The van der Waals surface area contributed by atoms with E-state index in [2.05, 4.69) is 63.7 Å². The van der Waals surface area contributed by atoms with E-state index in [-0.39, 0.29) is 11.0 Å². The highest BCUT2D eigenvalue weighted by Gasteiger charge is 2.17. The van der Waals surface area contributed by atoms with Crippen molar-refractivity contribution < 1.29 is 38.4 Å². The fourth-order valence-corrected chi connectivity index (χ4v) is 8.26. The first kappa shape index (κ1) is 37.0. The summed E-state index contributed by atoms with van der Waals surface area (Å²) in [4.78, 5) is 27.5. The maximum Gasteiger partial charge on any atom is 0.373 e. The quantitative estimate of drug-likeness (QED) is 0.118. The number of carbonyl (C=O) groups excluding carboxylic acids is 2. The number of aromatic carboxylic acids is 1. The number of carbonyl (C=O) groups is 1. The third kappa shape index (κ3) is 13.6. The van der Waals surface area contributed by atoms with Crippen LogP contribution in [0.15, 0.2) is 55.6 Å². The van der Waals surface area contributed by atoms with Gasteiger partial charge in [0.25, 0.3) is 0 Å². The normalized spacial score (nSPS) is 10.0. The number of unbranched alkanes of at least 4 members (excludes halogenated alkanes) is 2. The average molecular weight is 912 g/mol. The second kappa shape index (κ2) is 21.5. The molecule has 228 valence electrons. The van der Waals surface area contributed by atoms with Crippen LogP contribution in [0.2, 0.25) is 0 Å². The second-order valence-corrected chi connectivity index (χ2v) is 14.2. The molecule has 0 aliphatic carbocycles. The van der Waals surface area contributed by atoms with E-state index in [9.17, 15) is 4.79 Å². The van der Waals surface area contributed by atoms with Gasteiger partial charge in [-0.3, -0.25) is 0 Å². The van der Waals surface area contributed by atoms with Gasteiger partial charge in [0.1, 0.15) is 17.2 Å². The molecule has 0 spiro atoms. The minimum atomic E-state index is -0.966. The number of hydrogen-bond donors (Lipinski definition) is 1. The van der Waals surface area contributed by atoms with Gasteiger partial charge in [-0.1, -0.05) is 0 Å². The molecule has 42 heavy (non-hydrogen) atoms. The minimum Gasteiger partial charge on any atom is -0.492 e. The van der Waals surface area contributed by atoms with Gasteiger partial charge < -0.3 is 24.1 Å². The van der Waals surface area contributed by atoms with E-state index in [1.807, 2.05) is 32.3 Å². The van der Waals surface area contributed by atoms with Crippen LogP contribution in [0.5, 0.6) is 23.0 Å². The van der Waals surface area contributed by atoms with Crippen molar-refractivity contribution in [2.24, 2.45) is 0 Å². The number of carboxylic acids is 1. The summed E-state index contributed by atoms with van der Waals surface area (Å²) in [6.45, 7) is 2.52. The SMILES string of the molecule is Brc1cscc1OCCCCOc1cscc1Br.O=C(O)c1scc(Br)c1OCCCCOc1cscc1Br.O=C=O. The highest BCUT2D eigenvalue weighted by Crippen LogP contribution is 2.35. The Hall–Kier alpha value is -1.23. The first-order valence-electron chi connectivity index (χ1n) is 11.9. The van der Waals surface area contributed by atoms with Gasteiger partial charge in [0.2, 0.25) is 0 Å². The third-order valence-electron chi connectivity index (χ3n) is 4.74. The third-order valence-corrected chi connectivity index (χ3v) is 11.5. The van der Waals surface area contributed by atoms with Gasteiger partial charge in [-0.2, -0.15) is 9.59 Å². The minimum absolute atomic E-state index is 0.223. The fourth-order valence-electron chi connectivity index (χ4n) is 2.86. The number of hydrogen-bond acceptors (Lipinski definition) is 11. The van der Waals surface area contributed by atoms with Gasteiger partial charge in [0.15, 0.2) is 10.6 Å². The van der Waals surface area contributed by atoms with Gasteiger partial charge >= 0.3 is 12.1 Å². The predicted molar refractivity (Wildman–Crippen MR) is 180 cm³/mol. The average Bonchev–Trinajstić information content (AvgIpc) is 3.75. The van der Waals surface area contributed by atoms with Crippen LogP contribution in [0.25, 0.3) is 0 Å². The molecule has 4 heterocycles. The number of carboxylic acid groups (broad SMARTS) is 1. The van der Waals surface area contributed by atoms with E-state index >= 15 is 0 Å². The Morgan fingerprint density at radius 3 is 1.29 bits per heavy atom. The molecule has 0 radical (unpaired) electrons. The van der Waals surface area contributed by atoms with E-state index < -0.39 is 5.97 Å². The molecule has 8 nitrogen and oxygen atoms in total. The molecule has 0 aliphatic heterocycles. The van der Waals surface area contributed by atoms with Crippen LogP contribution in [0.3, 0.4) is 0 Å². The maximum absolute atomic E-state index is 11.0. The van der Waals surface area contributed by atoms with Crippen LogP contribution in [-0.2, 0) is 9.59 Å². The lowest BCUT2D eigenvalue weighted by molar-refractivity contribution is -0.191. The van der Waals surface area contributed by atoms with Crippen molar-refractivity contribution in [2.75, 3.05) is 26.4 Å². The molecule has 4 aromatic rings. The van der Waals surface area contributed by atoms with Crippen LogP contribution in [0, 0.1) is 0 Å². The van der Waals surface area contributed by atoms with Gasteiger partial charge in [0.05, 0.1) is 44.3 Å². The number of thiophene rings is 4. The van der Waals surface area contributed by atoms with Gasteiger partial charge in [0, 0.05) is 37.7 Å². The van der Waals surface area contributed by atoms with Crippen molar-refractivity contribution >= 4 is 121 Å². The first-order valence-corrected chi connectivity index (χ1v) is 18.8. The summed E-state index contributed by atoms with van der Waals surface area (Å²) in [7, 11) is 0. The predicted octanol–water partition coefficient (Wildman–Crippen LogP) is 10.3. The molecule has 0 aromatic carbocycles. The maximum atomic E-state index is 11.0. The van der Waals surface area contributed by atoms with Crippen LogP contribution < -0.4 is 18.9 Å². The monoisotopic (exact) mass is 908 g/mol. The van der Waals surface area contributed by atoms with Crippen molar-refractivity contribution in [3.63, 3.8) is 0 Å². The topological polar surface area (TPSA) is 108 Å². The summed E-state index contributed by atoms with van der Waals surface area (Å²) in [5.74, 6) is 2.16. The summed E-state index contributed by atoms with van der Waals surface area (Å²) in [5.41, 5.74) is 0. The molecule has 0 aliphatic rings. The molecule has 4 aromatic heterocycles. The molecule has 0 saturated carbocycles. The van der Waals surface area contributed by atoms with Crippen molar-refractivity contribution in [1.29, 1.82) is 0 Å². The zero-order chi connectivity index (χ0) is 30.7. The molecule has 0 bridgehead atoms. The molecule has 1 N–H and O–H groups in total. The molecule has 0 amide bonds. The number of rotatable bonds is 15. The summed E-state index contributed by atoms with van der Waals surface area (Å²) in [6.07, 6.45) is 3.86. The lowest BCUT2D eigenvalue weighted by Gasteiger charge is -2.07. The highest BCUT2D eigenvalue weighted by atomic mass is 79.9. The Bertz CT molecular complexity index is 1330. The molecule has 0 saturated heterocycles. The zero-order valence-corrected chi connectivity index (χ0v) is 31.3. The molecular formula is C26H24Br4O8S4. The smallest absolute Gasteiger partial charge is 0.373 e.